The number of carboxylic acids is 1. The number of halogens is 1. The van der Waals surface area contributed by atoms with Crippen LogP contribution in [0, 0.1) is 24.6 Å². The summed E-state index contributed by atoms with van der Waals surface area (Å²) in [4.78, 5) is 23.3. The first-order chi connectivity index (χ1) is 9.49. The molecule has 0 saturated heterocycles. The van der Waals surface area contributed by atoms with E-state index in [0.717, 1.165) is 5.56 Å². The average Bonchev–Trinajstić information content (AvgIpc) is 2.42. The van der Waals surface area contributed by atoms with Gasteiger partial charge in [0.25, 0.3) is 0 Å². The minimum absolute atomic E-state index is 0.0914. The lowest BCUT2D eigenvalue weighted by molar-refractivity contribution is -0.146. The van der Waals surface area contributed by atoms with Crippen molar-refractivity contribution in [3.63, 3.8) is 0 Å². The van der Waals surface area contributed by atoms with E-state index in [9.17, 15) is 14.0 Å². The molecule has 1 aliphatic rings. The Morgan fingerprint density at radius 2 is 1.90 bits per heavy atom. The minimum Gasteiger partial charge on any atom is -0.481 e. The molecule has 1 aromatic carbocycles. The lowest BCUT2D eigenvalue weighted by Crippen LogP contribution is -2.34. The second kappa shape index (κ2) is 5.86. The molecule has 0 heterocycles. The number of amides is 1. The molecule has 2 N–H and O–H groups in total. The Morgan fingerprint density at radius 3 is 2.55 bits per heavy atom. The summed E-state index contributed by atoms with van der Waals surface area (Å²) < 4.78 is 13.6. The van der Waals surface area contributed by atoms with Gasteiger partial charge in [0.15, 0.2) is 0 Å². The highest BCUT2D eigenvalue weighted by atomic mass is 19.1. The second-order valence-corrected chi connectivity index (χ2v) is 4.97. The lowest BCUT2D eigenvalue weighted by Gasteiger charge is -2.24. The average molecular weight is 277 g/mol. The van der Waals surface area contributed by atoms with Gasteiger partial charge >= 0.3 is 5.97 Å². The Labute approximate surface area is 116 Å². The molecule has 0 saturated carbocycles. The van der Waals surface area contributed by atoms with Crippen molar-refractivity contribution in [1.29, 1.82) is 0 Å². The molecular formula is C15H16FNO3. The van der Waals surface area contributed by atoms with Gasteiger partial charge in [0.1, 0.15) is 5.82 Å². The molecule has 4 nitrogen and oxygen atoms in total. The van der Waals surface area contributed by atoms with E-state index >= 15 is 0 Å². The van der Waals surface area contributed by atoms with Crippen LogP contribution in [0.1, 0.15) is 18.4 Å². The zero-order chi connectivity index (χ0) is 14.7. The molecule has 1 amide bonds. The van der Waals surface area contributed by atoms with Gasteiger partial charge in [-0.3, -0.25) is 9.59 Å². The van der Waals surface area contributed by atoms with Crippen LogP contribution in [-0.4, -0.2) is 17.0 Å². The molecule has 106 valence electrons. The van der Waals surface area contributed by atoms with E-state index in [2.05, 4.69) is 5.32 Å². The summed E-state index contributed by atoms with van der Waals surface area (Å²) in [6, 6.07) is 4.41. The third kappa shape index (κ3) is 3.04. The summed E-state index contributed by atoms with van der Waals surface area (Å²) in [5.41, 5.74) is 0.911. The Hall–Kier alpha value is -2.17. The summed E-state index contributed by atoms with van der Waals surface area (Å²) in [6.45, 7) is 1.79. The third-order valence-corrected chi connectivity index (χ3v) is 3.47. The molecule has 0 radical (unpaired) electrons. The maximum absolute atomic E-state index is 13.6. The smallest absolute Gasteiger partial charge is 0.307 e. The minimum atomic E-state index is -1.00. The van der Waals surface area contributed by atoms with Crippen molar-refractivity contribution in [1.82, 2.24) is 0 Å². The molecule has 0 bridgehead atoms. The molecule has 2 atom stereocenters. The quantitative estimate of drug-likeness (QED) is 0.835. The number of hydrogen-bond acceptors (Lipinski definition) is 2. The number of nitrogens with one attached hydrogen (secondary N) is 1. The van der Waals surface area contributed by atoms with E-state index in [1.165, 1.54) is 12.1 Å². The molecule has 1 aliphatic carbocycles. The summed E-state index contributed by atoms with van der Waals surface area (Å²) in [7, 11) is 0. The van der Waals surface area contributed by atoms with Gasteiger partial charge in [0.2, 0.25) is 5.91 Å². The van der Waals surface area contributed by atoms with Crippen molar-refractivity contribution >= 4 is 17.6 Å². The fourth-order valence-corrected chi connectivity index (χ4v) is 2.34. The van der Waals surface area contributed by atoms with Crippen LogP contribution in [0.3, 0.4) is 0 Å². The molecule has 0 unspecified atom stereocenters. The van der Waals surface area contributed by atoms with Gasteiger partial charge in [0, 0.05) is 0 Å². The summed E-state index contributed by atoms with van der Waals surface area (Å²) in [5, 5.41) is 11.6. The topological polar surface area (TPSA) is 66.4 Å². The zero-order valence-corrected chi connectivity index (χ0v) is 11.1. The highest BCUT2D eigenvalue weighted by molar-refractivity contribution is 5.95. The van der Waals surface area contributed by atoms with Gasteiger partial charge in [-0.1, -0.05) is 18.2 Å². The SMILES string of the molecule is Cc1ccc(F)c(NC(=O)[C@@H]2CC=CC[C@@H]2C(=O)O)c1. The van der Waals surface area contributed by atoms with Gasteiger partial charge in [-0.25, -0.2) is 4.39 Å². The number of benzene rings is 1. The molecule has 0 fully saturated rings. The van der Waals surface area contributed by atoms with Gasteiger partial charge < -0.3 is 10.4 Å². The normalized spacial score (nSPS) is 21.5. The third-order valence-electron chi connectivity index (χ3n) is 3.47. The first-order valence-corrected chi connectivity index (χ1v) is 6.44. The van der Waals surface area contributed by atoms with E-state index in [1.807, 2.05) is 0 Å². The summed E-state index contributed by atoms with van der Waals surface area (Å²) >= 11 is 0. The number of aryl methyl sites for hydroxylation is 1. The number of aliphatic carboxylic acids is 1. The van der Waals surface area contributed by atoms with Gasteiger partial charge in [-0.15, -0.1) is 0 Å². The predicted octanol–water partition coefficient (Wildman–Crippen LogP) is 2.74. The van der Waals surface area contributed by atoms with Crippen LogP contribution in [0.25, 0.3) is 0 Å². The van der Waals surface area contributed by atoms with Crippen molar-refractivity contribution in [3.8, 4) is 0 Å². The first kappa shape index (κ1) is 14.2. The number of rotatable bonds is 3. The van der Waals surface area contributed by atoms with Crippen molar-refractivity contribution in [2.75, 3.05) is 5.32 Å². The van der Waals surface area contributed by atoms with E-state index in [0.29, 0.717) is 12.8 Å². The molecule has 0 spiro atoms. The van der Waals surface area contributed by atoms with E-state index in [-0.39, 0.29) is 5.69 Å². The Bertz CT molecular complexity index is 568. The fourth-order valence-electron chi connectivity index (χ4n) is 2.34. The van der Waals surface area contributed by atoms with Gasteiger partial charge in [-0.05, 0) is 37.5 Å². The Kier molecular flexibility index (Phi) is 4.17. The lowest BCUT2D eigenvalue weighted by atomic mass is 9.82. The zero-order valence-electron chi connectivity index (χ0n) is 11.1. The highest BCUT2D eigenvalue weighted by Gasteiger charge is 2.34. The van der Waals surface area contributed by atoms with E-state index in [4.69, 9.17) is 5.11 Å². The predicted molar refractivity (Wildman–Crippen MR) is 72.8 cm³/mol. The second-order valence-electron chi connectivity index (χ2n) is 4.97. The Balaban J connectivity index is 2.16. The van der Waals surface area contributed by atoms with Crippen molar-refractivity contribution in [2.24, 2.45) is 11.8 Å². The van der Waals surface area contributed by atoms with Crippen molar-refractivity contribution < 1.29 is 19.1 Å². The van der Waals surface area contributed by atoms with Gasteiger partial charge in [0.05, 0.1) is 17.5 Å². The number of carbonyl (C=O) groups excluding carboxylic acids is 1. The number of carbonyl (C=O) groups is 2. The monoisotopic (exact) mass is 277 g/mol. The number of allylic oxidation sites excluding steroid dienone is 2. The van der Waals surface area contributed by atoms with Crippen LogP contribution in [-0.2, 0) is 9.59 Å². The van der Waals surface area contributed by atoms with Crippen molar-refractivity contribution in [2.45, 2.75) is 19.8 Å². The summed E-state index contributed by atoms with van der Waals surface area (Å²) in [6.07, 6.45) is 4.23. The van der Waals surface area contributed by atoms with E-state index < -0.39 is 29.5 Å². The molecule has 0 aliphatic heterocycles. The maximum atomic E-state index is 13.6. The molecule has 20 heavy (non-hydrogen) atoms. The number of anilines is 1. The van der Waals surface area contributed by atoms with Crippen LogP contribution < -0.4 is 5.32 Å². The number of carboxylic acid groups (broad SMARTS) is 1. The van der Waals surface area contributed by atoms with E-state index in [1.54, 1.807) is 25.1 Å². The van der Waals surface area contributed by atoms with Crippen LogP contribution in [0.5, 0.6) is 0 Å². The number of hydrogen-bond donors (Lipinski definition) is 2. The molecule has 2 rings (SSSR count). The fraction of sp³-hybridized carbons (Fsp3) is 0.333. The summed E-state index contributed by atoms with van der Waals surface area (Å²) in [5.74, 6) is -3.40. The van der Waals surface area contributed by atoms with Gasteiger partial charge in [-0.2, -0.15) is 0 Å². The first-order valence-electron chi connectivity index (χ1n) is 6.44. The largest absolute Gasteiger partial charge is 0.481 e. The Morgan fingerprint density at radius 1 is 1.25 bits per heavy atom. The molecule has 5 heteroatoms. The van der Waals surface area contributed by atoms with Crippen LogP contribution >= 0.6 is 0 Å². The standard InChI is InChI=1S/C15H16FNO3/c1-9-6-7-12(16)13(8-9)17-14(18)10-4-2-3-5-11(10)15(19)20/h2-3,6-8,10-11H,4-5H2,1H3,(H,17,18)(H,19,20)/t10-,11+/m1/s1. The molecular weight excluding hydrogens is 261 g/mol. The van der Waals surface area contributed by atoms with Crippen LogP contribution in [0.15, 0.2) is 30.4 Å². The molecule has 0 aromatic heterocycles. The van der Waals surface area contributed by atoms with Crippen LogP contribution in [0.2, 0.25) is 0 Å². The molecule has 1 aromatic rings. The van der Waals surface area contributed by atoms with Crippen LogP contribution in [0.4, 0.5) is 10.1 Å². The maximum Gasteiger partial charge on any atom is 0.307 e. The van der Waals surface area contributed by atoms with Crippen molar-refractivity contribution in [3.05, 3.63) is 41.7 Å². The highest BCUT2D eigenvalue weighted by Crippen LogP contribution is 2.27.